The Morgan fingerprint density at radius 2 is 1.44 bits per heavy atom. The minimum Gasteiger partial charge on any atom is -0.363 e. The molecule has 1 aliphatic heterocycles. The van der Waals surface area contributed by atoms with Crippen LogP contribution in [0.25, 0.3) is 0 Å². The highest BCUT2D eigenvalue weighted by Crippen LogP contribution is 2.41. The second kappa shape index (κ2) is 6.07. The van der Waals surface area contributed by atoms with E-state index < -0.39 is 5.72 Å². The quantitative estimate of drug-likeness (QED) is 0.764. The van der Waals surface area contributed by atoms with Gasteiger partial charge in [0, 0.05) is 11.1 Å². The van der Waals surface area contributed by atoms with Crippen LogP contribution in [-0.2, 0) is 12.3 Å². The summed E-state index contributed by atoms with van der Waals surface area (Å²) in [5.41, 5.74) is 1.37. The number of benzene rings is 3. The van der Waals surface area contributed by atoms with Gasteiger partial charge in [0.25, 0.3) is 0 Å². The van der Waals surface area contributed by atoms with Gasteiger partial charge in [-0.2, -0.15) is 0 Å². The molecule has 3 aromatic carbocycles. The van der Waals surface area contributed by atoms with Crippen LogP contribution >= 0.6 is 0 Å². The molecular formula is C21H18N2O2. The van der Waals surface area contributed by atoms with E-state index in [1.807, 2.05) is 78.9 Å². The van der Waals surface area contributed by atoms with Crippen molar-refractivity contribution in [3.05, 3.63) is 102 Å². The molecule has 3 aromatic rings. The Labute approximate surface area is 146 Å². The lowest BCUT2D eigenvalue weighted by atomic mass is 9.89. The predicted molar refractivity (Wildman–Crippen MR) is 96.9 cm³/mol. The Morgan fingerprint density at radius 1 is 0.840 bits per heavy atom. The van der Waals surface area contributed by atoms with Crippen LogP contribution < -0.4 is 5.32 Å². The van der Waals surface area contributed by atoms with Gasteiger partial charge in [0.15, 0.2) is 5.72 Å². The highest BCUT2D eigenvalue weighted by Gasteiger charge is 2.46. The molecule has 0 saturated carbocycles. The second-order valence-corrected chi connectivity index (χ2v) is 6.09. The number of urea groups is 1. The summed E-state index contributed by atoms with van der Waals surface area (Å²) in [6.07, 6.45) is 0. The molecule has 1 atom stereocenters. The first-order valence-corrected chi connectivity index (χ1v) is 8.19. The van der Waals surface area contributed by atoms with Gasteiger partial charge >= 0.3 is 6.03 Å². The van der Waals surface area contributed by atoms with Crippen molar-refractivity contribution in [2.75, 3.05) is 5.32 Å². The lowest BCUT2D eigenvalue weighted by Crippen LogP contribution is -2.54. The third-order valence-electron chi connectivity index (χ3n) is 4.54. The lowest BCUT2D eigenvalue weighted by Gasteiger charge is -2.44. The van der Waals surface area contributed by atoms with Crippen molar-refractivity contribution in [2.45, 2.75) is 12.3 Å². The molecule has 25 heavy (non-hydrogen) atoms. The molecule has 0 bridgehead atoms. The Balaban J connectivity index is 1.88. The second-order valence-electron chi connectivity index (χ2n) is 6.09. The molecule has 124 valence electrons. The van der Waals surface area contributed by atoms with Gasteiger partial charge in [0.1, 0.15) is 0 Å². The van der Waals surface area contributed by atoms with Crippen molar-refractivity contribution in [2.24, 2.45) is 0 Å². The summed E-state index contributed by atoms with van der Waals surface area (Å²) < 4.78 is 0. The summed E-state index contributed by atoms with van der Waals surface area (Å²) >= 11 is 0. The highest BCUT2D eigenvalue weighted by atomic mass is 16.3. The van der Waals surface area contributed by atoms with Crippen molar-refractivity contribution in [3.63, 3.8) is 0 Å². The van der Waals surface area contributed by atoms with Gasteiger partial charge in [-0.05, 0) is 11.6 Å². The third kappa shape index (κ3) is 2.57. The normalized spacial score (nSPS) is 19.2. The van der Waals surface area contributed by atoms with Crippen molar-refractivity contribution in [3.8, 4) is 0 Å². The Morgan fingerprint density at radius 3 is 2.16 bits per heavy atom. The number of hydrogen-bond acceptors (Lipinski definition) is 2. The summed E-state index contributed by atoms with van der Waals surface area (Å²) in [6.45, 7) is 0.298. The Kier molecular flexibility index (Phi) is 3.75. The number of nitrogens with one attached hydrogen (secondary N) is 1. The van der Waals surface area contributed by atoms with Gasteiger partial charge in [-0.25, -0.2) is 4.79 Å². The minimum atomic E-state index is -1.53. The van der Waals surface area contributed by atoms with Gasteiger partial charge in [-0.3, -0.25) is 4.90 Å². The fourth-order valence-corrected chi connectivity index (χ4v) is 3.31. The molecule has 1 aliphatic rings. The van der Waals surface area contributed by atoms with Gasteiger partial charge in [0.05, 0.1) is 12.2 Å². The number of carbonyl (C=O) groups excluding carboxylic acids is 1. The molecule has 0 saturated heterocycles. The standard InChI is InChI=1S/C21H18N2O2/c24-20-22-19-14-8-7-13-18(19)21(25,17-11-5-2-6-12-17)23(20)15-16-9-3-1-4-10-16/h1-14,25H,15H2,(H,22,24). The SMILES string of the molecule is O=C1Nc2ccccc2C(O)(c2ccccc2)N1Cc1ccccc1. The predicted octanol–water partition coefficient (Wildman–Crippen LogP) is 3.93. The van der Waals surface area contributed by atoms with E-state index in [0.717, 1.165) is 5.56 Å². The average molecular weight is 330 g/mol. The van der Waals surface area contributed by atoms with E-state index in [1.165, 1.54) is 4.90 Å². The molecule has 2 amide bonds. The number of rotatable bonds is 3. The topological polar surface area (TPSA) is 52.6 Å². The molecule has 1 heterocycles. The third-order valence-corrected chi connectivity index (χ3v) is 4.54. The minimum absolute atomic E-state index is 0.298. The van der Waals surface area contributed by atoms with E-state index in [1.54, 1.807) is 6.07 Å². The number of hydrogen-bond donors (Lipinski definition) is 2. The first-order chi connectivity index (χ1) is 12.2. The number of nitrogens with zero attached hydrogens (tertiary/aromatic N) is 1. The number of anilines is 1. The molecule has 2 N–H and O–H groups in total. The first-order valence-electron chi connectivity index (χ1n) is 8.19. The van der Waals surface area contributed by atoms with Gasteiger partial charge in [-0.1, -0.05) is 78.9 Å². The monoisotopic (exact) mass is 330 g/mol. The van der Waals surface area contributed by atoms with Gasteiger partial charge in [0.2, 0.25) is 0 Å². The van der Waals surface area contributed by atoms with Crippen molar-refractivity contribution in [1.82, 2.24) is 4.90 Å². The zero-order chi connectivity index (χ0) is 17.3. The maximum Gasteiger partial charge on any atom is 0.324 e. The zero-order valence-corrected chi connectivity index (χ0v) is 13.6. The molecule has 0 fully saturated rings. The first kappa shape index (κ1) is 15.4. The van der Waals surface area contributed by atoms with Crippen molar-refractivity contribution in [1.29, 1.82) is 0 Å². The van der Waals surface area contributed by atoms with Crippen LogP contribution in [0.15, 0.2) is 84.9 Å². The molecule has 1 unspecified atom stereocenters. The molecular weight excluding hydrogens is 312 g/mol. The van der Waals surface area contributed by atoms with Crippen LogP contribution in [0.2, 0.25) is 0 Å². The molecule has 0 spiro atoms. The smallest absolute Gasteiger partial charge is 0.324 e. The molecule has 4 rings (SSSR count). The van der Waals surface area contributed by atoms with E-state index >= 15 is 0 Å². The van der Waals surface area contributed by atoms with E-state index in [4.69, 9.17) is 0 Å². The van der Waals surface area contributed by atoms with Gasteiger partial charge < -0.3 is 10.4 Å². The number of aliphatic hydroxyl groups is 1. The summed E-state index contributed by atoms with van der Waals surface area (Å²) in [5.74, 6) is 0. The molecule has 0 aromatic heterocycles. The van der Waals surface area contributed by atoms with Crippen LogP contribution in [0.4, 0.5) is 10.5 Å². The fourth-order valence-electron chi connectivity index (χ4n) is 3.31. The van der Waals surface area contributed by atoms with E-state index in [-0.39, 0.29) is 6.03 Å². The summed E-state index contributed by atoms with van der Waals surface area (Å²) in [4.78, 5) is 14.3. The number of fused-ring (bicyclic) bond motifs is 1. The molecule has 4 nitrogen and oxygen atoms in total. The number of amides is 2. The average Bonchev–Trinajstić information content (AvgIpc) is 2.67. The van der Waals surface area contributed by atoms with Crippen LogP contribution in [0.1, 0.15) is 16.7 Å². The largest absolute Gasteiger partial charge is 0.363 e. The summed E-state index contributed by atoms with van der Waals surface area (Å²) in [5, 5.41) is 14.6. The Bertz CT molecular complexity index is 896. The molecule has 4 heteroatoms. The maximum atomic E-state index is 12.8. The van der Waals surface area contributed by atoms with Crippen LogP contribution in [-0.4, -0.2) is 16.0 Å². The van der Waals surface area contributed by atoms with Crippen LogP contribution in [0, 0.1) is 0 Å². The number of carbonyl (C=O) groups is 1. The summed E-state index contributed by atoms with van der Waals surface area (Å²) in [6, 6.07) is 26.0. The molecule has 0 radical (unpaired) electrons. The molecule has 0 aliphatic carbocycles. The van der Waals surface area contributed by atoms with E-state index in [9.17, 15) is 9.90 Å². The van der Waals surface area contributed by atoms with E-state index in [0.29, 0.717) is 23.4 Å². The van der Waals surface area contributed by atoms with Crippen molar-refractivity contribution >= 4 is 11.7 Å². The maximum absolute atomic E-state index is 12.8. The Hall–Kier alpha value is -3.11. The number of para-hydroxylation sites is 1. The fraction of sp³-hybridized carbons (Fsp3) is 0.0952. The van der Waals surface area contributed by atoms with Crippen LogP contribution in [0.3, 0.4) is 0 Å². The van der Waals surface area contributed by atoms with Gasteiger partial charge in [-0.15, -0.1) is 0 Å². The van der Waals surface area contributed by atoms with Crippen molar-refractivity contribution < 1.29 is 9.90 Å². The zero-order valence-electron chi connectivity index (χ0n) is 13.6. The lowest BCUT2D eigenvalue weighted by molar-refractivity contribution is -0.0565. The van der Waals surface area contributed by atoms with Crippen LogP contribution in [0.5, 0.6) is 0 Å². The summed E-state index contributed by atoms with van der Waals surface area (Å²) in [7, 11) is 0. The highest BCUT2D eigenvalue weighted by molar-refractivity contribution is 5.94. The van der Waals surface area contributed by atoms with E-state index in [2.05, 4.69) is 5.32 Å².